The van der Waals surface area contributed by atoms with Crippen LogP contribution in [0.2, 0.25) is 0 Å². The maximum atomic E-state index is 12.0. The number of aryl methyl sites for hydroxylation is 1. The lowest BCUT2D eigenvalue weighted by Gasteiger charge is -2.12. The molecule has 0 spiro atoms. The summed E-state index contributed by atoms with van der Waals surface area (Å²) < 4.78 is 7.66. The second-order valence-corrected chi connectivity index (χ2v) is 24.6. The number of rotatable bonds is 7. The van der Waals surface area contributed by atoms with E-state index in [0.717, 1.165) is 83.8 Å². The Morgan fingerprint density at radius 3 is 1.57 bits per heavy atom. The lowest BCUT2D eigenvalue weighted by atomic mass is 10.1. The van der Waals surface area contributed by atoms with Gasteiger partial charge in [-0.1, -0.05) is 164 Å². The SMILES string of the molecule is CC(C)c1cc2c(cn1)ncn2C.CC(C)c1cc2ccccc2c(=O)n1C.CC(C)c1cc2ccccc2cn1.CC(C)c1cc2cccnc2cn1.CC(C)c1cc2nccn2cn1.CC(C)c1cn2ccnc2cn1.CC(C)c1ncc2ccccc2n1. The summed E-state index contributed by atoms with van der Waals surface area (Å²) in [5.41, 5.74) is 12.8. The van der Waals surface area contributed by atoms with Crippen LogP contribution in [0.3, 0.4) is 0 Å². The molecular formula is C75H87N15O. The normalized spacial score (nSPS) is 11.2. The molecule has 0 N–H and O–H groups in total. The summed E-state index contributed by atoms with van der Waals surface area (Å²) in [7, 11) is 3.84. The van der Waals surface area contributed by atoms with Crippen LogP contribution >= 0.6 is 0 Å². The van der Waals surface area contributed by atoms with Crippen LogP contribution < -0.4 is 5.56 Å². The van der Waals surface area contributed by atoms with Crippen molar-refractivity contribution in [2.45, 2.75) is 138 Å². The van der Waals surface area contributed by atoms with E-state index in [-0.39, 0.29) is 5.56 Å². The van der Waals surface area contributed by atoms with E-state index >= 15 is 0 Å². The highest BCUT2D eigenvalue weighted by Gasteiger charge is 2.10. The summed E-state index contributed by atoms with van der Waals surface area (Å²) >= 11 is 0. The zero-order valence-electron chi connectivity index (χ0n) is 55.6. The van der Waals surface area contributed by atoms with Gasteiger partial charge in [-0.3, -0.25) is 34.1 Å². The topological polar surface area (TPSA) is 178 Å². The van der Waals surface area contributed by atoms with Gasteiger partial charge in [0.1, 0.15) is 23.3 Å². The summed E-state index contributed by atoms with van der Waals surface area (Å²) in [6.07, 6.45) is 24.1. The highest BCUT2D eigenvalue weighted by molar-refractivity contribution is 5.83. The quantitative estimate of drug-likeness (QED) is 0.148. The maximum Gasteiger partial charge on any atom is 0.258 e. The first-order chi connectivity index (χ1) is 43.6. The molecule has 0 atom stereocenters. The van der Waals surface area contributed by atoms with Crippen LogP contribution in [0.4, 0.5) is 0 Å². The van der Waals surface area contributed by atoms with Crippen LogP contribution in [0.15, 0.2) is 201 Å². The number of imidazole rings is 3. The van der Waals surface area contributed by atoms with Crippen molar-refractivity contribution in [1.29, 1.82) is 0 Å². The molecule has 14 aromatic rings. The summed E-state index contributed by atoms with van der Waals surface area (Å²) in [6, 6.07) is 38.6. The first-order valence-electron chi connectivity index (χ1n) is 31.3. The molecule has 0 saturated carbocycles. The van der Waals surface area contributed by atoms with E-state index in [2.05, 4.69) is 200 Å². The molecule has 0 aliphatic carbocycles. The van der Waals surface area contributed by atoms with Crippen molar-refractivity contribution >= 4 is 65.7 Å². The van der Waals surface area contributed by atoms with Crippen LogP contribution in [0.5, 0.6) is 0 Å². The molecule has 468 valence electrons. The van der Waals surface area contributed by atoms with Gasteiger partial charge >= 0.3 is 0 Å². The Morgan fingerprint density at radius 1 is 0.363 bits per heavy atom. The zero-order chi connectivity index (χ0) is 65.3. The fourth-order valence-corrected chi connectivity index (χ4v) is 9.56. The van der Waals surface area contributed by atoms with Gasteiger partial charge in [0.25, 0.3) is 5.56 Å². The van der Waals surface area contributed by atoms with Crippen LogP contribution in [-0.4, -0.2) is 72.8 Å². The van der Waals surface area contributed by atoms with Crippen molar-refractivity contribution < 1.29 is 0 Å². The number of benzene rings is 3. The third kappa shape index (κ3) is 17.9. The maximum absolute atomic E-state index is 12.0. The molecule has 16 nitrogen and oxygen atoms in total. The molecule has 11 heterocycles. The molecule has 0 aliphatic heterocycles. The van der Waals surface area contributed by atoms with Gasteiger partial charge in [0.15, 0.2) is 5.65 Å². The standard InChI is InChI=1S/C13H15NO.C12H13N.2C11H12N2.C10H13N3.2C9H11N3/c1-9(2)12-8-10-6-4-5-7-11(10)13(15)14(12)3;1-9(2)12-7-10-5-3-4-6-11(10)8-13-12;1-8(2)10-6-9-4-3-5-12-11(9)7-13-10;1-8(2)11-12-7-9-5-3-4-6-10(9)13-11;1-7(2)8-4-10-9(5-11-8)12-6-13(10)3;1-7(2)8-6-12-4-3-10-9(12)5-11-8;1-7(2)8-5-9-10-3-4-12(9)6-11-8/h4-9H,1-3H3;3-9H,1-2H3;2*3-8H,1-2H3;4-7H,1-3H3;2*3-7H,1-2H3. The molecule has 0 fully saturated rings. The van der Waals surface area contributed by atoms with Gasteiger partial charge in [0.2, 0.25) is 0 Å². The van der Waals surface area contributed by atoms with E-state index in [1.54, 1.807) is 35.7 Å². The first kappa shape index (κ1) is 67.0. The van der Waals surface area contributed by atoms with Crippen molar-refractivity contribution in [1.82, 2.24) is 72.8 Å². The monoisotopic (exact) mass is 1210 g/mol. The number of hydrogen-bond donors (Lipinski definition) is 0. The van der Waals surface area contributed by atoms with Gasteiger partial charge in [0.05, 0.1) is 47.2 Å². The van der Waals surface area contributed by atoms with Crippen LogP contribution in [0.1, 0.15) is 178 Å². The molecule has 0 amide bonds. The lowest BCUT2D eigenvalue weighted by molar-refractivity contribution is 0.713. The molecule has 0 saturated heterocycles. The van der Waals surface area contributed by atoms with E-state index in [0.29, 0.717) is 41.4 Å². The molecule has 0 bridgehead atoms. The summed E-state index contributed by atoms with van der Waals surface area (Å²) in [4.78, 5) is 59.2. The molecule has 16 heteroatoms. The average Bonchev–Trinajstić information content (AvgIpc) is 2.35. The van der Waals surface area contributed by atoms with Gasteiger partial charge < -0.3 is 13.5 Å². The third-order valence-corrected chi connectivity index (χ3v) is 15.2. The summed E-state index contributed by atoms with van der Waals surface area (Å²) in [6.45, 7) is 29.8. The smallest absolute Gasteiger partial charge is 0.258 e. The minimum Gasteiger partial charge on any atom is -0.334 e. The molecule has 0 radical (unpaired) electrons. The van der Waals surface area contributed by atoms with Crippen molar-refractivity contribution in [3.63, 3.8) is 0 Å². The Morgan fingerprint density at radius 2 is 0.901 bits per heavy atom. The van der Waals surface area contributed by atoms with Gasteiger partial charge in [-0.2, -0.15) is 0 Å². The Bertz CT molecular complexity index is 4410. The molecule has 3 aromatic carbocycles. The first-order valence-corrected chi connectivity index (χ1v) is 31.3. The molecular weight excluding hydrogens is 1130 g/mol. The predicted molar refractivity (Wildman–Crippen MR) is 373 cm³/mol. The third-order valence-electron chi connectivity index (χ3n) is 15.2. The average molecular weight is 1210 g/mol. The fraction of sp³-hybridized carbons (Fsp3) is 0.307. The fourth-order valence-electron chi connectivity index (χ4n) is 9.56. The van der Waals surface area contributed by atoms with E-state index in [4.69, 9.17) is 0 Å². The lowest BCUT2D eigenvalue weighted by Crippen LogP contribution is -2.21. The van der Waals surface area contributed by atoms with E-state index < -0.39 is 0 Å². The van der Waals surface area contributed by atoms with Crippen LogP contribution in [0, 0.1) is 0 Å². The predicted octanol–water partition coefficient (Wildman–Crippen LogP) is 17.3. The Labute approximate surface area is 534 Å². The zero-order valence-corrected chi connectivity index (χ0v) is 55.6. The number of para-hydroxylation sites is 1. The van der Waals surface area contributed by atoms with Gasteiger partial charge in [-0.25, -0.2) is 29.9 Å². The minimum absolute atomic E-state index is 0.0943. The minimum atomic E-state index is 0.0943. The summed E-state index contributed by atoms with van der Waals surface area (Å²) in [5, 5.41) is 6.59. The van der Waals surface area contributed by atoms with Crippen LogP contribution in [0.25, 0.3) is 65.7 Å². The second kappa shape index (κ2) is 31.5. The van der Waals surface area contributed by atoms with Crippen molar-refractivity contribution in [2.24, 2.45) is 14.1 Å². The largest absolute Gasteiger partial charge is 0.334 e. The number of pyridine rings is 5. The van der Waals surface area contributed by atoms with Crippen LogP contribution in [-0.2, 0) is 14.1 Å². The number of fused-ring (bicyclic) bond motifs is 7. The molecule has 91 heavy (non-hydrogen) atoms. The number of nitrogens with zero attached hydrogens (tertiary/aromatic N) is 15. The number of hydrogen-bond acceptors (Lipinski definition) is 12. The Balaban J connectivity index is 0.000000137. The van der Waals surface area contributed by atoms with E-state index in [1.807, 2.05) is 144 Å². The molecule has 14 rings (SSSR count). The van der Waals surface area contributed by atoms with Crippen molar-refractivity contribution in [3.05, 3.63) is 246 Å². The summed E-state index contributed by atoms with van der Waals surface area (Å²) in [5.74, 6) is 4.06. The van der Waals surface area contributed by atoms with Gasteiger partial charge in [-0.05, 0) is 88.7 Å². The van der Waals surface area contributed by atoms with E-state index in [9.17, 15) is 4.79 Å². The number of aromatic nitrogens is 15. The van der Waals surface area contributed by atoms with Crippen molar-refractivity contribution in [2.75, 3.05) is 0 Å². The van der Waals surface area contributed by atoms with E-state index in [1.165, 1.54) is 21.9 Å². The van der Waals surface area contributed by atoms with Crippen molar-refractivity contribution in [3.8, 4) is 0 Å². The van der Waals surface area contributed by atoms with Gasteiger partial charge in [-0.15, -0.1) is 0 Å². The van der Waals surface area contributed by atoms with Gasteiger partial charge in [0, 0.05) is 126 Å². The highest BCUT2D eigenvalue weighted by atomic mass is 16.1. The highest BCUT2D eigenvalue weighted by Crippen LogP contribution is 2.22. The second-order valence-electron chi connectivity index (χ2n) is 24.6. The molecule has 0 unspecified atom stereocenters. The Kier molecular flexibility index (Phi) is 23.2. The molecule has 0 aliphatic rings. The molecule has 11 aromatic heterocycles. The Hall–Kier alpha value is -9.96.